The molecule has 2 amide bonds. The van der Waals surface area contributed by atoms with Crippen molar-refractivity contribution in [2.75, 3.05) is 37.8 Å². The van der Waals surface area contributed by atoms with Crippen LogP contribution < -0.4 is 24.2 Å². The number of fused-ring (bicyclic) bond motifs is 2. The zero-order valence-electron chi connectivity index (χ0n) is 38.7. The normalized spacial score (nSPS) is 12.3. The first-order valence-electron chi connectivity index (χ1n) is 21.4. The summed E-state index contributed by atoms with van der Waals surface area (Å²) in [6, 6.07) is 14.8. The zero-order valence-corrected chi connectivity index (χ0v) is 40.3. The molecule has 0 aliphatic carbocycles. The van der Waals surface area contributed by atoms with Gasteiger partial charge in [0.05, 0.1) is 39.7 Å². The third-order valence-electron chi connectivity index (χ3n) is 11.0. The molecule has 374 valence electrons. The van der Waals surface area contributed by atoms with Gasteiger partial charge in [-0.3, -0.25) is 28.4 Å². The molecule has 0 saturated heterocycles. The molecule has 0 bridgehead atoms. The number of nitrogens with zero attached hydrogens (tertiary/aromatic N) is 7. The molecule has 8 rings (SSSR count). The number of carbonyl (C=O) groups is 2. The number of aromatic nitrogens is 6. The standard InChI is InChI=1S/C47H44F2N10O11S2/c1-6-43(61)57(2)23-31-22-52-59(27-31)25-29-16-37(68-5)45-39(18-29)70-54-47(45)56-72(64,65)41-13-11-32(19-34(41)49)35(66-3)12-14-42(60)50-20-30-21-51-58(26-30)24-28-15-36(67-4)44-38(17-28)69-53-46(44)55-71(62,63)40-10-8-7-9-33(40)48/h6-19,21-22,26-27,35H,1,20,23-25H2,2-5H3,(H,50,60)(H,53,55)(H,54,56)/b14-12+. The van der Waals surface area contributed by atoms with Crippen LogP contribution in [-0.2, 0) is 60.6 Å². The molecule has 0 spiro atoms. The van der Waals surface area contributed by atoms with Crippen molar-refractivity contribution in [1.29, 1.82) is 0 Å². The van der Waals surface area contributed by atoms with Gasteiger partial charge in [0.1, 0.15) is 49.8 Å². The Hall–Kier alpha value is -8.42. The molecule has 0 radical (unpaired) electrons. The largest absolute Gasteiger partial charge is 0.496 e. The number of methoxy groups -OCH3 is 3. The van der Waals surface area contributed by atoms with Gasteiger partial charge in [-0.1, -0.05) is 35.1 Å². The summed E-state index contributed by atoms with van der Waals surface area (Å²) in [6.45, 7) is 4.37. The van der Waals surface area contributed by atoms with E-state index in [-0.39, 0.29) is 76.2 Å². The number of benzene rings is 4. The topological polar surface area (TPSA) is 257 Å². The van der Waals surface area contributed by atoms with Crippen molar-refractivity contribution in [1.82, 2.24) is 40.1 Å². The molecule has 0 aliphatic rings. The van der Waals surface area contributed by atoms with Crippen LogP contribution in [0.25, 0.3) is 21.9 Å². The van der Waals surface area contributed by atoms with Crippen LogP contribution in [0.5, 0.6) is 11.5 Å². The molecule has 25 heteroatoms. The van der Waals surface area contributed by atoms with Crippen molar-refractivity contribution < 1.29 is 58.5 Å². The van der Waals surface area contributed by atoms with E-state index in [1.807, 2.05) is 0 Å². The first-order chi connectivity index (χ1) is 34.5. The molecule has 72 heavy (non-hydrogen) atoms. The lowest BCUT2D eigenvalue weighted by molar-refractivity contribution is -0.125. The van der Waals surface area contributed by atoms with E-state index in [4.69, 9.17) is 23.3 Å². The number of hydrogen-bond donors (Lipinski definition) is 3. The fourth-order valence-corrected chi connectivity index (χ4v) is 9.71. The van der Waals surface area contributed by atoms with Gasteiger partial charge in [-0.15, -0.1) is 0 Å². The quantitative estimate of drug-likeness (QED) is 0.0692. The van der Waals surface area contributed by atoms with Gasteiger partial charge in [-0.25, -0.2) is 25.6 Å². The van der Waals surface area contributed by atoms with Gasteiger partial charge in [0.25, 0.3) is 20.0 Å². The number of carbonyl (C=O) groups excluding carboxylic acids is 2. The first kappa shape index (κ1) is 50.0. The summed E-state index contributed by atoms with van der Waals surface area (Å²) < 4.78 is 118. The van der Waals surface area contributed by atoms with Crippen LogP contribution in [0.1, 0.15) is 33.9 Å². The molecule has 8 aromatic rings. The summed E-state index contributed by atoms with van der Waals surface area (Å²) in [4.78, 5) is 25.0. The van der Waals surface area contributed by atoms with E-state index in [1.54, 1.807) is 65.5 Å². The number of sulfonamides is 2. The minimum Gasteiger partial charge on any atom is -0.496 e. The summed E-state index contributed by atoms with van der Waals surface area (Å²) in [6.07, 6.45) is 9.48. The van der Waals surface area contributed by atoms with Gasteiger partial charge in [0.15, 0.2) is 22.8 Å². The third kappa shape index (κ3) is 11.0. The lowest BCUT2D eigenvalue weighted by atomic mass is 10.1. The average Bonchev–Trinajstić information content (AvgIpc) is 4.18. The number of likely N-dealkylation sites (N-methyl/N-ethyl adjacent to an activating group) is 1. The van der Waals surface area contributed by atoms with Gasteiger partial charge in [0, 0.05) is 56.8 Å². The predicted molar refractivity (Wildman–Crippen MR) is 256 cm³/mol. The van der Waals surface area contributed by atoms with E-state index in [9.17, 15) is 30.8 Å². The summed E-state index contributed by atoms with van der Waals surface area (Å²) in [5.74, 6) is -2.76. The highest BCUT2D eigenvalue weighted by Gasteiger charge is 2.27. The smallest absolute Gasteiger partial charge is 0.266 e. The monoisotopic (exact) mass is 1030 g/mol. The molecule has 3 N–H and O–H groups in total. The molecule has 4 aromatic carbocycles. The van der Waals surface area contributed by atoms with Gasteiger partial charge >= 0.3 is 0 Å². The van der Waals surface area contributed by atoms with Crippen molar-refractivity contribution in [2.24, 2.45) is 0 Å². The van der Waals surface area contributed by atoms with Crippen molar-refractivity contribution >= 4 is 65.4 Å². The van der Waals surface area contributed by atoms with Crippen LogP contribution in [-0.4, -0.2) is 91.8 Å². The number of amides is 2. The number of halogens is 2. The minimum absolute atomic E-state index is 0.0742. The Morgan fingerprint density at radius 3 is 1.86 bits per heavy atom. The Morgan fingerprint density at radius 2 is 1.32 bits per heavy atom. The highest BCUT2D eigenvalue weighted by atomic mass is 32.2. The molecule has 1 atom stereocenters. The lowest BCUT2D eigenvalue weighted by Crippen LogP contribution is -2.23. The average molecular weight is 1030 g/mol. The van der Waals surface area contributed by atoms with Crippen LogP contribution in [0.4, 0.5) is 20.4 Å². The molecule has 0 fully saturated rings. The number of hydrogen-bond acceptors (Lipinski definition) is 15. The molecular weight excluding hydrogens is 983 g/mol. The van der Waals surface area contributed by atoms with E-state index in [0.717, 1.165) is 29.8 Å². The molecular formula is C47H44F2N10O11S2. The maximum absolute atomic E-state index is 15.7. The molecule has 1 unspecified atom stereocenters. The van der Waals surface area contributed by atoms with Gasteiger partial charge in [-0.2, -0.15) is 10.2 Å². The second kappa shape index (κ2) is 20.9. The number of rotatable bonds is 21. The zero-order chi connectivity index (χ0) is 51.3. The SMILES string of the molecule is C=CC(=O)N(C)Cc1cnn(Cc2cc(OC)c3c(NS(=O)(=O)c4ccc(C(/C=C/C(=O)NCc5cnn(Cc6cc(OC)c7c(NS(=O)(=O)c8ccccc8F)noc7c6)c5)OC)cc4F)noc3c2)c1. The summed E-state index contributed by atoms with van der Waals surface area (Å²) >= 11 is 0. The van der Waals surface area contributed by atoms with Crippen LogP contribution in [0.3, 0.4) is 0 Å². The summed E-state index contributed by atoms with van der Waals surface area (Å²) in [5.41, 5.74) is 3.33. The van der Waals surface area contributed by atoms with Gasteiger partial charge < -0.3 is 33.5 Å². The maximum atomic E-state index is 15.7. The first-order valence-corrected chi connectivity index (χ1v) is 24.4. The summed E-state index contributed by atoms with van der Waals surface area (Å²) in [5, 5.41) is 19.6. The van der Waals surface area contributed by atoms with E-state index in [1.165, 1.54) is 62.7 Å². The molecule has 0 aliphatic heterocycles. The van der Waals surface area contributed by atoms with Gasteiger partial charge in [0.2, 0.25) is 11.8 Å². The van der Waals surface area contributed by atoms with E-state index >= 15 is 4.39 Å². The van der Waals surface area contributed by atoms with Crippen LogP contribution in [0.15, 0.2) is 135 Å². The Balaban J connectivity index is 0.869. The third-order valence-corrected chi connectivity index (χ3v) is 13.7. The lowest BCUT2D eigenvalue weighted by Gasteiger charge is -2.14. The Morgan fingerprint density at radius 1 is 0.764 bits per heavy atom. The Labute approximate surface area is 409 Å². The number of nitrogens with one attached hydrogen (secondary N) is 3. The Bertz CT molecular complexity index is 3610. The predicted octanol–water partition coefficient (Wildman–Crippen LogP) is 6.06. The van der Waals surface area contributed by atoms with E-state index in [0.29, 0.717) is 23.2 Å². The maximum Gasteiger partial charge on any atom is 0.266 e. The van der Waals surface area contributed by atoms with Gasteiger partial charge in [-0.05, 0) is 77.4 Å². The second-order valence-corrected chi connectivity index (χ2v) is 19.3. The highest BCUT2D eigenvalue weighted by molar-refractivity contribution is 7.93. The molecule has 4 aromatic heterocycles. The van der Waals surface area contributed by atoms with Crippen LogP contribution >= 0.6 is 0 Å². The fourth-order valence-electron chi connectivity index (χ4n) is 7.55. The number of anilines is 2. The molecule has 4 heterocycles. The summed E-state index contributed by atoms with van der Waals surface area (Å²) in [7, 11) is -3.18. The second-order valence-electron chi connectivity index (χ2n) is 16.0. The van der Waals surface area contributed by atoms with Crippen molar-refractivity contribution in [3.63, 3.8) is 0 Å². The fraction of sp³-hybridized carbons (Fsp3) is 0.191. The van der Waals surface area contributed by atoms with E-state index in [2.05, 4.69) is 41.9 Å². The molecule has 21 nitrogen and oxygen atoms in total. The van der Waals surface area contributed by atoms with Crippen LogP contribution in [0.2, 0.25) is 0 Å². The minimum atomic E-state index is -4.58. The van der Waals surface area contributed by atoms with Crippen molar-refractivity contribution in [3.05, 3.63) is 156 Å². The van der Waals surface area contributed by atoms with Crippen LogP contribution in [0, 0.1) is 11.6 Å². The number of ether oxygens (including phenoxy) is 3. The van der Waals surface area contributed by atoms with E-state index < -0.39 is 53.5 Å². The Kier molecular flexibility index (Phi) is 14.5. The highest BCUT2D eigenvalue weighted by Crippen LogP contribution is 2.37. The van der Waals surface area contributed by atoms with Crippen molar-refractivity contribution in [3.8, 4) is 11.5 Å². The molecule has 0 saturated carbocycles. The van der Waals surface area contributed by atoms with Crippen molar-refractivity contribution in [2.45, 2.75) is 42.1 Å².